The van der Waals surface area contributed by atoms with Crippen LogP contribution in [0.2, 0.25) is 0 Å². The summed E-state index contributed by atoms with van der Waals surface area (Å²) in [7, 11) is 1.25. The fourth-order valence-corrected chi connectivity index (χ4v) is 3.09. The molecule has 1 aliphatic heterocycles. The van der Waals surface area contributed by atoms with Gasteiger partial charge in [-0.15, -0.1) is 0 Å². The Kier molecular flexibility index (Phi) is 4.11. The van der Waals surface area contributed by atoms with Crippen LogP contribution in [-0.4, -0.2) is 30.6 Å². The predicted molar refractivity (Wildman–Crippen MR) is 83.6 cm³/mol. The van der Waals surface area contributed by atoms with Crippen molar-refractivity contribution in [2.24, 2.45) is 0 Å². The number of aliphatic hydroxyl groups is 1. The summed E-state index contributed by atoms with van der Waals surface area (Å²) < 4.78 is 4.62. The highest BCUT2D eigenvalue weighted by Gasteiger charge is 2.51. The zero-order chi connectivity index (χ0) is 16.7. The van der Waals surface area contributed by atoms with Gasteiger partial charge < -0.3 is 14.7 Å². The molecule has 0 bridgehead atoms. The van der Waals surface area contributed by atoms with Crippen molar-refractivity contribution in [1.29, 1.82) is 0 Å². The molecule has 1 aromatic rings. The molecule has 1 atom stereocenters. The normalized spacial score (nSPS) is 20.0. The first-order valence-corrected chi connectivity index (χ1v) is 7.19. The van der Waals surface area contributed by atoms with E-state index in [-0.39, 0.29) is 12.0 Å². The molecule has 1 heterocycles. The van der Waals surface area contributed by atoms with E-state index in [1.807, 2.05) is 32.9 Å². The number of ether oxygens (including phenoxy) is 1. The Labute approximate surface area is 130 Å². The summed E-state index contributed by atoms with van der Waals surface area (Å²) in [6.07, 6.45) is -0.174. The Morgan fingerprint density at radius 1 is 1.36 bits per heavy atom. The molecule has 1 N–H and O–H groups in total. The second-order valence-electron chi connectivity index (χ2n) is 5.60. The lowest BCUT2D eigenvalue weighted by molar-refractivity contribution is -0.139. The smallest absolute Gasteiger partial charge is 0.333 e. The van der Waals surface area contributed by atoms with E-state index in [0.29, 0.717) is 12.1 Å². The van der Waals surface area contributed by atoms with Gasteiger partial charge in [0.15, 0.2) is 5.60 Å². The second kappa shape index (κ2) is 5.57. The van der Waals surface area contributed by atoms with Crippen LogP contribution < -0.4 is 4.90 Å². The van der Waals surface area contributed by atoms with Crippen LogP contribution in [0.3, 0.4) is 0 Å². The number of methoxy groups -OCH3 is 1. The maximum Gasteiger partial charge on any atom is 0.333 e. The summed E-state index contributed by atoms with van der Waals surface area (Å²) in [5, 5.41) is 11.1. The highest BCUT2D eigenvalue weighted by molar-refractivity contribution is 6.09. The molecule has 0 radical (unpaired) electrons. The topological polar surface area (TPSA) is 66.8 Å². The number of amides is 1. The largest absolute Gasteiger partial charge is 0.466 e. The van der Waals surface area contributed by atoms with Gasteiger partial charge >= 0.3 is 5.97 Å². The fourth-order valence-electron chi connectivity index (χ4n) is 3.09. The third kappa shape index (κ3) is 2.22. The van der Waals surface area contributed by atoms with E-state index >= 15 is 0 Å². The predicted octanol–water partition coefficient (Wildman–Crippen LogP) is 1.98. The minimum absolute atomic E-state index is 0.0724. The second-order valence-corrected chi connectivity index (χ2v) is 5.60. The summed E-state index contributed by atoms with van der Waals surface area (Å²) in [5.41, 5.74) is 1.31. The number of anilines is 1. The van der Waals surface area contributed by atoms with Gasteiger partial charge in [0.1, 0.15) is 0 Å². The van der Waals surface area contributed by atoms with Crippen LogP contribution in [0.25, 0.3) is 0 Å². The molecule has 5 heteroatoms. The number of carbonyl (C=O) groups is 2. The van der Waals surface area contributed by atoms with Crippen LogP contribution in [-0.2, 0) is 19.9 Å². The molecule has 0 saturated carbocycles. The molecular weight excluding hydrogens is 282 g/mol. The van der Waals surface area contributed by atoms with Crippen LogP contribution >= 0.6 is 0 Å². The number of esters is 1. The van der Waals surface area contributed by atoms with Crippen molar-refractivity contribution in [2.45, 2.75) is 32.8 Å². The maximum absolute atomic E-state index is 12.7. The molecule has 1 aromatic carbocycles. The standard InChI is InChI=1S/C17H21NO4/c1-6-18-14-11(3)8-7-10(2)13(14)17(21,16(18)20)9-12(4)15(19)22-5/h7-8,21H,4,6,9H2,1-3,5H3. The van der Waals surface area contributed by atoms with Crippen molar-refractivity contribution in [2.75, 3.05) is 18.6 Å². The lowest BCUT2D eigenvalue weighted by Crippen LogP contribution is -2.41. The first kappa shape index (κ1) is 16.2. The number of hydrogen-bond donors (Lipinski definition) is 1. The van der Waals surface area contributed by atoms with Gasteiger partial charge in [-0.3, -0.25) is 4.79 Å². The average Bonchev–Trinajstić information content (AvgIpc) is 2.71. The van der Waals surface area contributed by atoms with Crippen molar-refractivity contribution in [3.63, 3.8) is 0 Å². The number of hydrogen-bond acceptors (Lipinski definition) is 4. The number of nitrogens with zero attached hydrogens (tertiary/aromatic N) is 1. The van der Waals surface area contributed by atoms with E-state index < -0.39 is 17.5 Å². The monoisotopic (exact) mass is 303 g/mol. The van der Waals surface area contributed by atoms with Gasteiger partial charge in [0, 0.05) is 24.1 Å². The van der Waals surface area contributed by atoms with Gasteiger partial charge in [0.2, 0.25) is 0 Å². The number of likely N-dealkylation sites (N-methyl/N-ethyl adjacent to an activating group) is 1. The fraction of sp³-hybridized carbons (Fsp3) is 0.412. The Morgan fingerprint density at radius 2 is 1.95 bits per heavy atom. The molecule has 0 aromatic heterocycles. The van der Waals surface area contributed by atoms with E-state index in [1.165, 1.54) is 7.11 Å². The van der Waals surface area contributed by atoms with Crippen LogP contribution in [0.15, 0.2) is 24.3 Å². The summed E-state index contributed by atoms with van der Waals surface area (Å²) in [5.74, 6) is -1.05. The van der Waals surface area contributed by atoms with Crippen molar-refractivity contribution in [3.8, 4) is 0 Å². The highest BCUT2D eigenvalue weighted by atomic mass is 16.5. The van der Waals surface area contributed by atoms with Gasteiger partial charge in [-0.2, -0.15) is 0 Å². The van der Waals surface area contributed by atoms with E-state index in [0.717, 1.165) is 16.8 Å². The van der Waals surface area contributed by atoms with Crippen LogP contribution in [0, 0.1) is 13.8 Å². The third-order valence-corrected chi connectivity index (χ3v) is 4.13. The van der Waals surface area contributed by atoms with Gasteiger partial charge in [-0.1, -0.05) is 18.7 Å². The third-order valence-electron chi connectivity index (χ3n) is 4.13. The Hall–Kier alpha value is -2.14. The summed E-state index contributed by atoms with van der Waals surface area (Å²) in [4.78, 5) is 25.9. The van der Waals surface area contributed by atoms with Gasteiger partial charge in [0.05, 0.1) is 12.8 Å². The van der Waals surface area contributed by atoms with E-state index in [9.17, 15) is 14.7 Å². The first-order valence-electron chi connectivity index (χ1n) is 7.19. The summed E-state index contributed by atoms with van der Waals surface area (Å²) >= 11 is 0. The average molecular weight is 303 g/mol. The van der Waals surface area contributed by atoms with Crippen LogP contribution in [0.1, 0.15) is 30.0 Å². The molecule has 1 amide bonds. The number of fused-ring (bicyclic) bond motifs is 1. The SMILES string of the molecule is C=C(CC1(O)C(=O)N(CC)c2c(C)ccc(C)c21)C(=O)OC. The van der Waals surface area contributed by atoms with Crippen LogP contribution in [0.4, 0.5) is 5.69 Å². The Balaban J connectivity index is 2.59. The lowest BCUT2D eigenvalue weighted by atomic mass is 9.85. The van der Waals surface area contributed by atoms with Crippen LogP contribution in [0.5, 0.6) is 0 Å². The summed E-state index contributed by atoms with van der Waals surface area (Å²) in [6, 6.07) is 3.79. The first-order chi connectivity index (χ1) is 10.3. The minimum Gasteiger partial charge on any atom is -0.466 e. The molecule has 0 spiro atoms. The molecule has 22 heavy (non-hydrogen) atoms. The number of rotatable bonds is 4. The van der Waals surface area contributed by atoms with Gasteiger partial charge in [-0.05, 0) is 31.9 Å². The molecule has 0 saturated heterocycles. The molecular formula is C17H21NO4. The zero-order valence-electron chi connectivity index (χ0n) is 13.4. The molecule has 1 aliphatic rings. The van der Waals surface area contributed by atoms with E-state index in [1.54, 1.807) is 4.90 Å². The van der Waals surface area contributed by atoms with Crippen molar-refractivity contribution in [3.05, 3.63) is 41.0 Å². The molecule has 5 nitrogen and oxygen atoms in total. The van der Waals surface area contributed by atoms with Gasteiger partial charge in [0.25, 0.3) is 5.91 Å². The van der Waals surface area contributed by atoms with E-state index in [2.05, 4.69) is 11.3 Å². The number of benzene rings is 1. The van der Waals surface area contributed by atoms with Gasteiger partial charge in [-0.25, -0.2) is 4.79 Å². The number of carbonyl (C=O) groups excluding carboxylic acids is 2. The van der Waals surface area contributed by atoms with E-state index in [4.69, 9.17) is 0 Å². The Morgan fingerprint density at radius 3 is 2.50 bits per heavy atom. The quantitative estimate of drug-likeness (QED) is 0.682. The maximum atomic E-state index is 12.7. The molecule has 118 valence electrons. The minimum atomic E-state index is -1.77. The number of aryl methyl sites for hydroxylation is 2. The molecule has 0 aliphatic carbocycles. The summed E-state index contributed by atoms with van der Waals surface area (Å²) in [6.45, 7) is 9.68. The molecule has 2 rings (SSSR count). The Bertz CT molecular complexity index is 665. The van der Waals surface area contributed by atoms with Crippen molar-refractivity contribution >= 4 is 17.6 Å². The molecule has 1 unspecified atom stereocenters. The lowest BCUT2D eigenvalue weighted by Gasteiger charge is -2.23. The molecule has 0 fully saturated rings. The van der Waals surface area contributed by atoms with Crippen molar-refractivity contribution in [1.82, 2.24) is 0 Å². The van der Waals surface area contributed by atoms with Crippen molar-refractivity contribution < 1.29 is 19.4 Å². The zero-order valence-corrected chi connectivity index (χ0v) is 13.4. The highest BCUT2D eigenvalue weighted by Crippen LogP contribution is 2.46.